The minimum atomic E-state index is -5.65. The smallest absolute Gasteiger partial charge is 0.414 e. The van der Waals surface area contributed by atoms with Crippen LogP contribution in [0.15, 0.2) is 23.2 Å². The van der Waals surface area contributed by atoms with Crippen molar-refractivity contribution >= 4 is 5.97 Å². The first kappa shape index (κ1) is 15.4. The number of allylic oxidation sites excluding steroid dienone is 3. The van der Waals surface area contributed by atoms with E-state index in [0.29, 0.717) is 0 Å². The molecule has 0 N–H and O–H groups in total. The summed E-state index contributed by atoms with van der Waals surface area (Å²) in [5.74, 6) is -12.9. The van der Waals surface area contributed by atoms with E-state index >= 15 is 0 Å². The second kappa shape index (κ2) is 4.49. The van der Waals surface area contributed by atoms with Crippen LogP contribution in [0.1, 0.15) is 6.92 Å². The summed E-state index contributed by atoms with van der Waals surface area (Å²) in [6, 6.07) is 0. The van der Waals surface area contributed by atoms with Crippen LogP contribution in [-0.4, -0.2) is 24.0 Å². The van der Waals surface area contributed by atoms with Crippen LogP contribution in [-0.2, 0) is 9.53 Å². The SMILES string of the molecule is CC1(F)C(F)=C(OC(=O)C(F)(F)F)C(F)=C(F)C1F. The number of esters is 1. The minimum Gasteiger partial charge on any atom is -0.414 e. The van der Waals surface area contributed by atoms with Gasteiger partial charge in [-0.05, 0) is 6.92 Å². The van der Waals surface area contributed by atoms with Crippen LogP contribution in [0.4, 0.5) is 35.1 Å². The quantitative estimate of drug-likeness (QED) is 0.547. The molecule has 0 saturated carbocycles. The summed E-state index contributed by atoms with van der Waals surface area (Å²) in [5.41, 5.74) is -3.79. The molecular formula is C9H4F8O2. The van der Waals surface area contributed by atoms with Gasteiger partial charge < -0.3 is 4.74 Å². The third-order valence-electron chi connectivity index (χ3n) is 2.16. The number of carbonyl (C=O) groups excluding carboxylic acids is 1. The number of hydrogen-bond donors (Lipinski definition) is 0. The largest absolute Gasteiger partial charge is 0.491 e. The summed E-state index contributed by atoms with van der Waals surface area (Å²) in [6.45, 7) is 0.112. The van der Waals surface area contributed by atoms with E-state index in [0.717, 1.165) is 0 Å². The monoisotopic (exact) mass is 296 g/mol. The van der Waals surface area contributed by atoms with Crippen LogP contribution in [0.3, 0.4) is 0 Å². The zero-order valence-corrected chi connectivity index (χ0v) is 8.92. The summed E-state index contributed by atoms with van der Waals surface area (Å²) < 4.78 is 104. The molecule has 2 unspecified atom stereocenters. The highest BCUT2D eigenvalue weighted by atomic mass is 19.4. The van der Waals surface area contributed by atoms with Crippen molar-refractivity contribution in [3.05, 3.63) is 23.2 Å². The van der Waals surface area contributed by atoms with Crippen LogP contribution < -0.4 is 0 Å². The molecule has 0 aromatic heterocycles. The maximum atomic E-state index is 13.4. The fourth-order valence-corrected chi connectivity index (χ4v) is 1.13. The third kappa shape index (κ3) is 2.56. The van der Waals surface area contributed by atoms with Crippen molar-refractivity contribution in [1.82, 2.24) is 0 Å². The lowest BCUT2D eigenvalue weighted by molar-refractivity contribution is -0.195. The number of halogens is 8. The fourth-order valence-electron chi connectivity index (χ4n) is 1.13. The average Bonchev–Trinajstić information content (AvgIpc) is 2.29. The zero-order chi connectivity index (χ0) is 15.2. The van der Waals surface area contributed by atoms with Crippen molar-refractivity contribution in [1.29, 1.82) is 0 Å². The van der Waals surface area contributed by atoms with Crippen molar-refractivity contribution in [2.75, 3.05) is 0 Å². The van der Waals surface area contributed by atoms with Gasteiger partial charge in [0.15, 0.2) is 17.8 Å². The molecule has 0 radical (unpaired) electrons. The summed E-state index contributed by atoms with van der Waals surface area (Å²) in [5, 5.41) is 0. The molecular weight excluding hydrogens is 292 g/mol. The lowest BCUT2D eigenvalue weighted by Crippen LogP contribution is -2.38. The Morgan fingerprint density at radius 1 is 1.26 bits per heavy atom. The van der Waals surface area contributed by atoms with Gasteiger partial charge in [0, 0.05) is 0 Å². The van der Waals surface area contributed by atoms with Gasteiger partial charge >= 0.3 is 12.1 Å². The standard InChI is InChI=1S/C9H4F8O2/c1-8(14)5(12)3(11)2(10)4(6(8)13)19-7(18)9(15,16)17/h5H,1H3. The summed E-state index contributed by atoms with van der Waals surface area (Å²) in [6.07, 6.45) is -9.05. The Morgan fingerprint density at radius 3 is 2.16 bits per heavy atom. The molecule has 10 heteroatoms. The first-order valence-corrected chi connectivity index (χ1v) is 4.48. The van der Waals surface area contributed by atoms with Crippen LogP contribution >= 0.6 is 0 Å². The molecule has 19 heavy (non-hydrogen) atoms. The zero-order valence-electron chi connectivity index (χ0n) is 8.92. The topological polar surface area (TPSA) is 26.3 Å². The first-order valence-electron chi connectivity index (χ1n) is 4.48. The Labute approximate surface area is 99.9 Å². The van der Waals surface area contributed by atoms with Gasteiger partial charge in [-0.1, -0.05) is 0 Å². The average molecular weight is 296 g/mol. The van der Waals surface area contributed by atoms with Crippen molar-refractivity contribution in [2.24, 2.45) is 0 Å². The van der Waals surface area contributed by atoms with E-state index in [1.807, 2.05) is 0 Å². The van der Waals surface area contributed by atoms with E-state index in [4.69, 9.17) is 0 Å². The summed E-state index contributed by atoms with van der Waals surface area (Å²) >= 11 is 0. The number of ether oxygens (including phenoxy) is 1. The van der Waals surface area contributed by atoms with Gasteiger partial charge in [-0.15, -0.1) is 0 Å². The van der Waals surface area contributed by atoms with Gasteiger partial charge in [0.1, 0.15) is 0 Å². The van der Waals surface area contributed by atoms with E-state index in [1.165, 1.54) is 0 Å². The number of hydrogen-bond acceptors (Lipinski definition) is 2. The molecule has 1 aliphatic rings. The third-order valence-corrected chi connectivity index (χ3v) is 2.16. The Balaban J connectivity index is 3.25. The lowest BCUT2D eigenvalue weighted by atomic mass is 9.93. The molecule has 1 aliphatic carbocycles. The number of alkyl halides is 5. The molecule has 0 heterocycles. The van der Waals surface area contributed by atoms with Crippen molar-refractivity contribution in [2.45, 2.75) is 24.9 Å². The molecule has 0 aliphatic heterocycles. The Bertz CT molecular complexity index is 473. The second-order valence-corrected chi connectivity index (χ2v) is 3.63. The Morgan fingerprint density at radius 2 is 1.74 bits per heavy atom. The molecule has 1 rings (SSSR count). The highest BCUT2D eigenvalue weighted by molar-refractivity contribution is 5.77. The predicted octanol–water partition coefficient (Wildman–Crippen LogP) is 3.50. The van der Waals surface area contributed by atoms with Crippen LogP contribution in [0, 0.1) is 0 Å². The van der Waals surface area contributed by atoms with Gasteiger partial charge in [0.05, 0.1) is 0 Å². The lowest BCUT2D eigenvalue weighted by Gasteiger charge is -2.27. The van der Waals surface area contributed by atoms with Crippen molar-refractivity contribution < 1.29 is 44.7 Å². The van der Waals surface area contributed by atoms with Gasteiger partial charge in [0.25, 0.3) is 0 Å². The second-order valence-electron chi connectivity index (χ2n) is 3.63. The minimum absolute atomic E-state index is 0.112. The van der Waals surface area contributed by atoms with Gasteiger partial charge in [-0.25, -0.2) is 22.4 Å². The van der Waals surface area contributed by atoms with Crippen LogP contribution in [0.5, 0.6) is 0 Å². The molecule has 108 valence electrons. The maximum absolute atomic E-state index is 13.4. The highest BCUT2D eigenvalue weighted by Crippen LogP contribution is 2.44. The molecule has 0 aromatic rings. The first-order chi connectivity index (χ1) is 8.40. The van der Waals surface area contributed by atoms with E-state index in [-0.39, 0.29) is 6.92 Å². The van der Waals surface area contributed by atoms with E-state index < -0.39 is 47.2 Å². The maximum Gasteiger partial charge on any atom is 0.491 e. The van der Waals surface area contributed by atoms with Crippen molar-refractivity contribution in [3.63, 3.8) is 0 Å². The molecule has 0 spiro atoms. The highest BCUT2D eigenvalue weighted by Gasteiger charge is 2.53. The van der Waals surface area contributed by atoms with E-state index in [1.54, 1.807) is 0 Å². The fraction of sp³-hybridized carbons (Fsp3) is 0.444. The van der Waals surface area contributed by atoms with E-state index in [9.17, 15) is 39.9 Å². The molecule has 2 atom stereocenters. The van der Waals surface area contributed by atoms with Crippen LogP contribution in [0.2, 0.25) is 0 Å². The van der Waals surface area contributed by atoms with Gasteiger partial charge in [-0.3, -0.25) is 0 Å². The van der Waals surface area contributed by atoms with Crippen molar-refractivity contribution in [3.8, 4) is 0 Å². The normalized spacial score (nSPS) is 28.8. The van der Waals surface area contributed by atoms with E-state index in [2.05, 4.69) is 4.74 Å². The predicted molar refractivity (Wildman–Crippen MR) is 43.9 cm³/mol. The Hall–Kier alpha value is -1.61. The van der Waals surface area contributed by atoms with Gasteiger partial charge in [-0.2, -0.15) is 17.6 Å². The summed E-state index contributed by atoms with van der Waals surface area (Å²) in [4.78, 5) is 10.3. The molecule has 2 nitrogen and oxygen atoms in total. The Kier molecular flexibility index (Phi) is 3.65. The number of rotatable bonds is 1. The van der Waals surface area contributed by atoms with Crippen LogP contribution in [0.25, 0.3) is 0 Å². The molecule has 0 fully saturated rings. The van der Waals surface area contributed by atoms with Gasteiger partial charge in [0.2, 0.25) is 17.3 Å². The molecule has 0 bridgehead atoms. The molecule has 0 saturated heterocycles. The molecule has 0 amide bonds. The number of carbonyl (C=O) groups is 1. The summed E-state index contributed by atoms with van der Waals surface area (Å²) in [7, 11) is 0. The molecule has 0 aromatic carbocycles.